The Morgan fingerprint density at radius 1 is 1.56 bits per heavy atom. The van der Waals surface area contributed by atoms with Gasteiger partial charge in [-0.05, 0) is 12.1 Å². The summed E-state index contributed by atoms with van der Waals surface area (Å²) in [5.74, 6) is -0.802. The van der Waals surface area contributed by atoms with Crippen LogP contribution in [-0.4, -0.2) is 37.0 Å². The number of carbonyl (C=O) groups excluding carboxylic acids is 1. The van der Waals surface area contributed by atoms with Gasteiger partial charge in [0.05, 0.1) is 16.6 Å². The molecule has 0 unspecified atom stereocenters. The van der Waals surface area contributed by atoms with E-state index >= 15 is 0 Å². The first-order chi connectivity index (χ1) is 7.61. The minimum atomic E-state index is -0.562. The molecule has 0 aliphatic carbocycles. The molecule has 1 aromatic rings. The lowest BCUT2D eigenvalue weighted by Gasteiger charge is -2.35. The van der Waals surface area contributed by atoms with Crippen LogP contribution in [0.25, 0.3) is 0 Å². The van der Waals surface area contributed by atoms with E-state index in [9.17, 15) is 9.18 Å². The number of benzene rings is 1. The molecular formula is C11H12ClFN2O. The van der Waals surface area contributed by atoms with Crippen molar-refractivity contribution >= 4 is 17.5 Å². The maximum atomic E-state index is 13.2. The van der Waals surface area contributed by atoms with Gasteiger partial charge in [0.15, 0.2) is 0 Å². The van der Waals surface area contributed by atoms with Crippen LogP contribution >= 0.6 is 11.6 Å². The Hall–Kier alpha value is -1.13. The highest BCUT2D eigenvalue weighted by atomic mass is 35.5. The lowest BCUT2D eigenvalue weighted by molar-refractivity contribution is 0.0681. The van der Waals surface area contributed by atoms with Crippen LogP contribution in [0.5, 0.6) is 0 Å². The molecule has 1 fully saturated rings. The summed E-state index contributed by atoms with van der Waals surface area (Å²) in [4.78, 5) is 13.6. The molecule has 0 aromatic heterocycles. The molecule has 1 aromatic carbocycles. The average Bonchev–Trinajstić information content (AvgIpc) is 2.18. The first-order valence-electron chi connectivity index (χ1n) is 5.03. The van der Waals surface area contributed by atoms with E-state index in [1.165, 1.54) is 18.2 Å². The van der Waals surface area contributed by atoms with Gasteiger partial charge >= 0.3 is 0 Å². The van der Waals surface area contributed by atoms with Gasteiger partial charge in [0, 0.05) is 20.1 Å². The van der Waals surface area contributed by atoms with Gasteiger partial charge in [0.25, 0.3) is 5.91 Å². The van der Waals surface area contributed by atoms with E-state index in [4.69, 9.17) is 11.6 Å². The third-order valence-electron chi connectivity index (χ3n) is 2.81. The van der Waals surface area contributed by atoms with Gasteiger partial charge in [-0.1, -0.05) is 17.7 Å². The monoisotopic (exact) mass is 242 g/mol. The van der Waals surface area contributed by atoms with Crippen molar-refractivity contribution in [3.05, 3.63) is 34.6 Å². The van der Waals surface area contributed by atoms with Gasteiger partial charge < -0.3 is 10.2 Å². The fourth-order valence-electron chi connectivity index (χ4n) is 1.57. The highest BCUT2D eigenvalue weighted by Crippen LogP contribution is 2.21. The summed E-state index contributed by atoms with van der Waals surface area (Å²) < 4.78 is 13.2. The standard InChI is InChI=1S/C11H12ClFN2O/c1-15(7-5-14-6-7)11(16)8-3-2-4-9(13)10(8)12/h2-4,7,14H,5-6H2,1H3. The van der Waals surface area contributed by atoms with Crippen LogP contribution < -0.4 is 5.32 Å². The Balaban J connectivity index is 2.22. The van der Waals surface area contributed by atoms with E-state index in [-0.39, 0.29) is 22.5 Å². The summed E-state index contributed by atoms with van der Waals surface area (Å²) in [5, 5.41) is 2.97. The molecular weight excluding hydrogens is 231 g/mol. The largest absolute Gasteiger partial charge is 0.336 e. The molecule has 2 rings (SSSR count). The van der Waals surface area contributed by atoms with E-state index in [0.29, 0.717) is 0 Å². The Morgan fingerprint density at radius 3 is 2.81 bits per heavy atom. The summed E-state index contributed by atoms with van der Waals surface area (Å²) >= 11 is 5.76. The third kappa shape index (κ3) is 1.90. The number of likely N-dealkylation sites (N-methyl/N-ethyl adjacent to an activating group) is 1. The van der Waals surface area contributed by atoms with Crippen molar-refractivity contribution in [2.45, 2.75) is 6.04 Å². The molecule has 16 heavy (non-hydrogen) atoms. The number of carbonyl (C=O) groups is 1. The average molecular weight is 243 g/mol. The van der Waals surface area contributed by atoms with Crippen molar-refractivity contribution in [1.29, 1.82) is 0 Å². The quantitative estimate of drug-likeness (QED) is 0.853. The van der Waals surface area contributed by atoms with Gasteiger partial charge in [-0.3, -0.25) is 4.79 Å². The lowest BCUT2D eigenvalue weighted by Crippen LogP contribution is -2.57. The second-order valence-corrected chi connectivity index (χ2v) is 4.21. The first kappa shape index (κ1) is 11.4. The zero-order chi connectivity index (χ0) is 11.7. The second kappa shape index (κ2) is 4.39. The number of hydrogen-bond donors (Lipinski definition) is 1. The molecule has 0 bridgehead atoms. The molecule has 1 aliphatic rings. The molecule has 86 valence electrons. The van der Waals surface area contributed by atoms with Crippen molar-refractivity contribution in [1.82, 2.24) is 10.2 Å². The van der Waals surface area contributed by atoms with Crippen molar-refractivity contribution < 1.29 is 9.18 Å². The van der Waals surface area contributed by atoms with Crippen molar-refractivity contribution in [2.75, 3.05) is 20.1 Å². The van der Waals surface area contributed by atoms with E-state index in [1.54, 1.807) is 11.9 Å². The Morgan fingerprint density at radius 2 is 2.25 bits per heavy atom. The van der Waals surface area contributed by atoms with Crippen LogP contribution in [0.1, 0.15) is 10.4 Å². The molecule has 1 saturated heterocycles. The van der Waals surface area contributed by atoms with Crippen LogP contribution in [0.15, 0.2) is 18.2 Å². The van der Waals surface area contributed by atoms with Crippen LogP contribution in [-0.2, 0) is 0 Å². The molecule has 1 aliphatic heterocycles. The highest BCUT2D eigenvalue weighted by Gasteiger charge is 2.27. The fourth-order valence-corrected chi connectivity index (χ4v) is 1.78. The summed E-state index contributed by atoms with van der Waals surface area (Å²) in [7, 11) is 1.70. The second-order valence-electron chi connectivity index (χ2n) is 3.83. The zero-order valence-electron chi connectivity index (χ0n) is 8.84. The number of hydrogen-bond acceptors (Lipinski definition) is 2. The van der Waals surface area contributed by atoms with Gasteiger partial charge in [-0.25, -0.2) is 4.39 Å². The van der Waals surface area contributed by atoms with Crippen LogP contribution in [0, 0.1) is 5.82 Å². The fraction of sp³-hybridized carbons (Fsp3) is 0.364. The Bertz CT molecular complexity index is 420. The number of nitrogens with one attached hydrogen (secondary N) is 1. The smallest absolute Gasteiger partial charge is 0.255 e. The molecule has 1 amide bonds. The molecule has 0 atom stereocenters. The van der Waals surface area contributed by atoms with E-state index < -0.39 is 5.82 Å². The number of amides is 1. The van der Waals surface area contributed by atoms with Gasteiger partial charge in [-0.2, -0.15) is 0 Å². The number of nitrogens with zero attached hydrogens (tertiary/aromatic N) is 1. The molecule has 0 saturated carbocycles. The van der Waals surface area contributed by atoms with E-state index in [0.717, 1.165) is 13.1 Å². The predicted molar refractivity (Wildman–Crippen MR) is 60.2 cm³/mol. The third-order valence-corrected chi connectivity index (χ3v) is 3.19. The predicted octanol–water partition coefficient (Wildman–Crippen LogP) is 1.52. The summed E-state index contributed by atoms with van der Waals surface area (Å²) in [5.41, 5.74) is 0.219. The van der Waals surface area contributed by atoms with Gasteiger partial charge in [0.1, 0.15) is 5.82 Å². The van der Waals surface area contributed by atoms with Crippen LogP contribution in [0.2, 0.25) is 5.02 Å². The van der Waals surface area contributed by atoms with Gasteiger partial charge in [0.2, 0.25) is 0 Å². The minimum Gasteiger partial charge on any atom is -0.336 e. The number of rotatable bonds is 2. The molecule has 1 N–H and O–H groups in total. The van der Waals surface area contributed by atoms with Crippen LogP contribution in [0.3, 0.4) is 0 Å². The van der Waals surface area contributed by atoms with Crippen molar-refractivity contribution in [3.8, 4) is 0 Å². The lowest BCUT2D eigenvalue weighted by atomic mass is 10.1. The zero-order valence-corrected chi connectivity index (χ0v) is 9.59. The Labute approximate surface area is 98.2 Å². The maximum Gasteiger partial charge on any atom is 0.255 e. The van der Waals surface area contributed by atoms with Crippen molar-refractivity contribution in [2.24, 2.45) is 0 Å². The molecule has 1 heterocycles. The van der Waals surface area contributed by atoms with Gasteiger partial charge in [-0.15, -0.1) is 0 Å². The van der Waals surface area contributed by atoms with E-state index in [2.05, 4.69) is 5.32 Å². The summed E-state index contributed by atoms with van der Waals surface area (Å²) in [6, 6.07) is 4.44. The number of halogens is 2. The van der Waals surface area contributed by atoms with E-state index in [1.807, 2.05) is 0 Å². The molecule has 0 spiro atoms. The molecule has 0 radical (unpaired) electrons. The summed E-state index contributed by atoms with van der Waals surface area (Å²) in [6.07, 6.45) is 0. The Kier molecular flexibility index (Phi) is 3.12. The normalized spacial score (nSPS) is 15.7. The molecule has 3 nitrogen and oxygen atoms in total. The molecule has 5 heteroatoms. The van der Waals surface area contributed by atoms with Crippen molar-refractivity contribution in [3.63, 3.8) is 0 Å². The SMILES string of the molecule is CN(C(=O)c1cccc(F)c1Cl)C1CNC1. The maximum absolute atomic E-state index is 13.2. The minimum absolute atomic E-state index is 0.105. The highest BCUT2D eigenvalue weighted by molar-refractivity contribution is 6.34. The summed E-state index contributed by atoms with van der Waals surface area (Å²) in [6.45, 7) is 1.55. The first-order valence-corrected chi connectivity index (χ1v) is 5.41. The topological polar surface area (TPSA) is 32.3 Å². The van der Waals surface area contributed by atoms with Crippen LogP contribution in [0.4, 0.5) is 4.39 Å².